The second-order valence-electron chi connectivity index (χ2n) is 7.15. The van der Waals surface area contributed by atoms with Crippen molar-refractivity contribution in [2.45, 2.75) is 19.4 Å². The molecule has 0 atom stereocenters. The number of methoxy groups -OCH3 is 2. The number of aryl methyl sites for hydroxylation is 1. The molecule has 0 bridgehead atoms. The number of fused-ring (bicyclic) bond motifs is 1. The minimum atomic E-state index is -0.650. The number of nitro groups is 1. The van der Waals surface area contributed by atoms with Gasteiger partial charge in [-0.15, -0.1) is 5.10 Å². The van der Waals surface area contributed by atoms with Gasteiger partial charge in [-0.1, -0.05) is 0 Å². The summed E-state index contributed by atoms with van der Waals surface area (Å²) in [4.78, 5) is 39.0. The Balaban J connectivity index is 1.38. The molecule has 34 heavy (non-hydrogen) atoms. The number of nitrogens with zero attached hydrogens (tertiary/aromatic N) is 4. The van der Waals surface area contributed by atoms with Gasteiger partial charge in [0.05, 0.1) is 36.3 Å². The van der Waals surface area contributed by atoms with Gasteiger partial charge in [-0.05, 0) is 24.6 Å². The molecule has 0 unspecified atom stereocenters. The van der Waals surface area contributed by atoms with Gasteiger partial charge in [-0.2, -0.15) is 4.98 Å². The summed E-state index contributed by atoms with van der Waals surface area (Å²) >= 11 is 0. The largest absolute Gasteiger partial charge is 0.497 e. The SMILES string of the molecule is COc1ccc(-c2nc(NC(=O)CCCn3c(=O)oc4cc([N+](=O)[O-])ccc43)n[nH]2)c(OC)c1. The molecule has 0 spiro atoms. The lowest BCUT2D eigenvalue weighted by Crippen LogP contribution is -2.17. The summed E-state index contributed by atoms with van der Waals surface area (Å²) in [6.07, 6.45) is 0.406. The van der Waals surface area contributed by atoms with Crippen LogP contribution in [0.15, 0.2) is 45.6 Å². The summed E-state index contributed by atoms with van der Waals surface area (Å²) in [6.45, 7) is 0.194. The van der Waals surface area contributed by atoms with Crippen LogP contribution in [0.5, 0.6) is 11.5 Å². The number of H-pyrrole nitrogens is 1. The maximum Gasteiger partial charge on any atom is 0.419 e. The van der Waals surface area contributed by atoms with E-state index in [1.807, 2.05) is 0 Å². The number of aromatic amines is 1. The highest BCUT2D eigenvalue weighted by molar-refractivity contribution is 5.89. The first-order valence-electron chi connectivity index (χ1n) is 10.1. The van der Waals surface area contributed by atoms with Gasteiger partial charge >= 0.3 is 5.76 Å². The molecule has 2 N–H and O–H groups in total. The number of carbonyl (C=O) groups excluding carboxylic acids is 1. The highest BCUT2D eigenvalue weighted by atomic mass is 16.6. The number of aromatic nitrogens is 4. The normalized spacial score (nSPS) is 10.9. The second-order valence-corrected chi connectivity index (χ2v) is 7.15. The van der Waals surface area contributed by atoms with Crippen LogP contribution in [0.3, 0.4) is 0 Å². The Hall–Kier alpha value is -4.68. The Labute approximate surface area is 191 Å². The summed E-state index contributed by atoms with van der Waals surface area (Å²) in [5, 5.41) is 20.2. The number of nitro benzene ring substituents is 1. The van der Waals surface area contributed by atoms with Crippen LogP contribution in [0.4, 0.5) is 11.6 Å². The average molecular weight is 468 g/mol. The number of rotatable bonds is 9. The van der Waals surface area contributed by atoms with Crippen LogP contribution in [-0.2, 0) is 11.3 Å². The van der Waals surface area contributed by atoms with Crippen molar-refractivity contribution in [2.24, 2.45) is 0 Å². The fourth-order valence-electron chi connectivity index (χ4n) is 3.40. The highest BCUT2D eigenvalue weighted by Crippen LogP contribution is 2.31. The number of nitrogens with one attached hydrogen (secondary N) is 2. The summed E-state index contributed by atoms with van der Waals surface area (Å²) in [5.74, 6) is 0.649. The summed E-state index contributed by atoms with van der Waals surface area (Å²) < 4.78 is 16.9. The van der Waals surface area contributed by atoms with Crippen LogP contribution in [0.1, 0.15) is 12.8 Å². The molecule has 176 valence electrons. The number of benzene rings is 2. The van der Waals surface area contributed by atoms with Crippen LogP contribution in [0.2, 0.25) is 0 Å². The number of oxazole rings is 1. The minimum absolute atomic E-state index is 0.0851. The van der Waals surface area contributed by atoms with Gasteiger partial charge in [0, 0.05) is 25.1 Å². The molecule has 0 aliphatic rings. The van der Waals surface area contributed by atoms with E-state index in [0.29, 0.717) is 34.8 Å². The van der Waals surface area contributed by atoms with Crippen LogP contribution < -0.4 is 20.5 Å². The Kier molecular flexibility index (Phi) is 6.25. The number of anilines is 1. The third-order valence-corrected chi connectivity index (χ3v) is 5.05. The first-order chi connectivity index (χ1) is 16.4. The third-order valence-electron chi connectivity index (χ3n) is 5.05. The molecule has 2 aromatic carbocycles. The van der Waals surface area contributed by atoms with Crippen molar-refractivity contribution in [1.29, 1.82) is 0 Å². The van der Waals surface area contributed by atoms with Crippen molar-refractivity contribution >= 4 is 28.6 Å². The van der Waals surface area contributed by atoms with Crippen molar-refractivity contribution in [3.63, 3.8) is 0 Å². The summed E-state index contributed by atoms with van der Waals surface area (Å²) in [5.41, 5.74) is 1.00. The molecular weight excluding hydrogens is 448 g/mol. The van der Waals surface area contributed by atoms with Gasteiger partial charge in [0.1, 0.15) is 11.5 Å². The van der Waals surface area contributed by atoms with E-state index < -0.39 is 10.7 Å². The fourth-order valence-corrected chi connectivity index (χ4v) is 3.40. The summed E-state index contributed by atoms with van der Waals surface area (Å²) in [6, 6.07) is 9.14. The topological polar surface area (TPSA) is 167 Å². The molecule has 0 fully saturated rings. The van der Waals surface area contributed by atoms with E-state index >= 15 is 0 Å². The van der Waals surface area contributed by atoms with E-state index in [1.54, 1.807) is 25.3 Å². The van der Waals surface area contributed by atoms with Crippen LogP contribution >= 0.6 is 0 Å². The molecule has 4 aromatic rings. The zero-order chi connectivity index (χ0) is 24.2. The van der Waals surface area contributed by atoms with E-state index in [4.69, 9.17) is 13.9 Å². The van der Waals surface area contributed by atoms with Gasteiger partial charge in [-0.3, -0.25) is 29.9 Å². The minimum Gasteiger partial charge on any atom is -0.497 e. The maximum atomic E-state index is 12.3. The van der Waals surface area contributed by atoms with Crippen molar-refractivity contribution in [1.82, 2.24) is 19.7 Å². The van der Waals surface area contributed by atoms with E-state index in [9.17, 15) is 19.7 Å². The quantitative estimate of drug-likeness (QED) is 0.277. The molecule has 4 rings (SSSR count). The predicted octanol–water partition coefficient (Wildman–Crippen LogP) is 2.72. The third kappa shape index (κ3) is 4.57. The molecule has 13 nitrogen and oxygen atoms in total. The van der Waals surface area contributed by atoms with Crippen molar-refractivity contribution < 1.29 is 23.6 Å². The maximum absolute atomic E-state index is 12.3. The number of non-ortho nitro benzene ring substituents is 1. The number of amides is 1. The van der Waals surface area contributed by atoms with E-state index in [0.717, 1.165) is 0 Å². The zero-order valence-electron chi connectivity index (χ0n) is 18.2. The predicted molar refractivity (Wildman–Crippen MR) is 120 cm³/mol. The summed E-state index contributed by atoms with van der Waals surface area (Å²) in [7, 11) is 3.07. The lowest BCUT2D eigenvalue weighted by atomic mass is 10.2. The fraction of sp³-hybridized carbons (Fsp3) is 0.238. The molecule has 0 saturated heterocycles. The lowest BCUT2D eigenvalue weighted by molar-refractivity contribution is -0.384. The van der Waals surface area contributed by atoms with Gasteiger partial charge in [0.15, 0.2) is 11.4 Å². The molecule has 0 saturated carbocycles. The molecule has 0 aliphatic heterocycles. The zero-order valence-corrected chi connectivity index (χ0v) is 18.2. The van der Waals surface area contributed by atoms with E-state index in [1.165, 1.54) is 29.9 Å². The van der Waals surface area contributed by atoms with Gasteiger partial charge in [0.2, 0.25) is 11.9 Å². The average Bonchev–Trinajstić information content (AvgIpc) is 3.41. The van der Waals surface area contributed by atoms with Crippen LogP contribution in [-0.4, -0.2) is 44.8 Å². The Morgan fingerprint density at radius 1 is 1.24 bits per heavy atom. The number of carbonyl (C=O) groups is 1. The standard InChI is InChI=1S/C21H20N6O7/c1-32-13-6-7-14(16(11-13)33-2)19-23-20(25-24-19)22-18(28)4-3-9-26-15-8-5-12(27(30)31)10-17(15)34-21(26)29/h5-8,10-11H,3-4,9H2,1-2H3,(H2,22,23,24,25,28). The van der Waals surface area contributed by atoms with E-state index in [-0.39, 0.29) is 36.1 Å². The lowest BCUT2D eigenvalue weighted by Gasteiger charge is -2.07. The molecule has 0 aliphatic carbocycles. The first kappa shape index (κ1) is 22.5. The molecule has 13 heteroatoms. The van der Waals surface area contributed by atoms with Crippen LogP contribution in [0.25, 0.3) is 22.5 Å². The molecule has 2 aromatic heterocycles. The first-order valence-corrected chi connectivity index (χ1v) is 10.1. The van der Waals surface area contributed by atoms with E-state index in [2.05, 4.69) is 20.5 Å². The molecule has 0 radical (unpaired) electrons. The monoisotopic (exact) mass is 468 g/mol. The number of hydrogen-bond donors (Lipinski definition) is 2. The van der Waals surface area contributed by atoms with Crippen molar-refractivity contribution in [2.75, 3.05) is 19.5 Å². The Bertz CT molecular complexity index is 1420. The Morgan fingerprint density at radius 3 is 2.79 bits per heavy atom. The molecule has 1 amide bonds. The smallest absolute Gasteiger partial charge is 0.419 e. The highest BCUT2D eigenvalue weighted by Gasteiger charge is 2.16. The molecular formula is C21H20N6O7. The van der Waals surface area contributed by atoms with Gasteiger partial charge < -0.3 is 13.9 Å². The number of ether oxygens (including phenoxy) is 2. The van der Waals surface area contributed by atoms with Crippen LogP contribution in [0, 0.1) is 10.1 Å². The van der Waals surface area contributed by atoms with Crippen molar-refractivity contribution in [3.8, 4) is 22.9 Å². The molecule has 2 heterocycles. The number of hydrogen-bond acceptors (Lipinski definition) is 9. The van der Waals surface area contributed by atoms with Crippen molar-refractivity contribution in [3.05, 3.63) is 57.1 Å². The van der Waals surface area contributed by atoms with Gasteiger partial charge in [0.25, 0.3) is 5.69 Å². The van der Waals surface area contributed by atoms with Gasteiger partial charge in [-0.25, -0.2) is 4.79 Å². The Morgan fingerprint density at radius 2 is 2.06 bits per heavy atom. The second kappa shape index (κ2) is 9.44.